The summed E-state index contributed by atoms with van der Waals surface area (Å²) in [5.41, 5.74) is 6.31. The zero-order chi connectivity index (χ0) is 13.9. The van der Waals surface area contributed by atoms with Crippen LogP contribution in [0.5, 0.6) is 5.75 Å². The second kappa shape index (κ2) is 5.40. The Kier molecular flexibility index (Phi) is 3.45. The number of rotatable bonds is 4. The summed E-state index contributed by atoms with van der Waals surface area (Å²) >= 11 is 0. The van der Waals surface area contributed by atoms with Gasteiger partial charge in [0.1, 0.15) is 18.2 Å². The topological polar surface area (TPSA) is 75.1 Å². The molecular weight excluding hydrogens is 256 g/mol. The maximum atomic E-state index is 12.1. The van der Waals surface area contributed by atoms with Gasteiger partial charge >= 0.3 is 5.69 Å². The highest BCUT2D eigenvalue weighted by Gasteiger charge is 2.16. The van der Waals surface area contributed by atoms with Gasteiger partial charge in [0.2, 0.25) is 0 Å². The lowest BCUT2D eigenvalue weighted by molar-refractivity contribution is 0.288. The highest BCUT2D eigenvalue weighted by Crippen LogP contribution is 2.14. The monoisotopic (exact) mass is 274 g/mol. The van der Waals surface area contributed by atoms with Crippen LogP contribution >= 0.6 is 0 Å². The van der Waals surface area contributed by atoms with Gasteiger partial charge in [-0.05, 0) is 25.0 Å². The van der Waals surface area contributed by atoms with E-state index in [1.54, 1.807) is 16.7 Å². The Morgan fingerprint density at radius 2 is 2.25 bits per heavy atom. The zero-order valence-corrected chi connectivity index (χ0v) is 11.3. The molecule has 0 spiro atoms. The van der Waals surface area contributed by atoms with Crippen LogP contribution in [0.3, 0.4) is 0 Å². The first-order valence-electron chi connectivity index (χ1n) is 6.89. The molecule has 0 aliphatic carbocycles. The molecule has 1 aromatic heterocycles. The van der Waals surface area contributed by atoms with Crippen molar-refractivity contribution in [3.05, 3.63) is 40.6 Å². The Bertz CT molecular complexity index is 659. The molecule has 0 fully saturated rings. The Morgan fingerprint density at radius 1 is 1.35 bits per heavy atom. The largest absolute Gasteiger partial charge is 0.492 e. The third-order valence-corrected chi connectivity index (χ3v) is 3.46. The van der Waals surface area contributed by atoms with Crippen molar-refractivity contribution >= 4 is 5.69 Å². The van der Waals surface area contributed by atoms with Crippen LogP contribution in [0.1, 0.15) is 18.7 Å². The number of anilines is 1. The fourth-order valence-electron chi connectivity index (χ4n) is 2.45. The van der Waals surface area contributed by atoms with E-state index >= 15 is 0 Å². The number of hydrogen-bond donors (Lipinski definition) is 1. The van der Waals surface area contributed by atoms with Crippen molar-refractivity contribution in [2.24, 2.45) is 0 Å². The van der Waals surface area contributed by atoms with Crippen molar-refractivity contribution in [1.29, 1.82) is 0 Å². The summed E-state index contributed by atoms with van der Waals surface area (Å²) in [4.78, 5) is 12.1. The maximum Gasteiger partial charge on any atom is 0.346 e. The van der Waals surface area contributed by atoms with Gasteiger partial charge in [-0.3, -0.25) is 4.57 Å². The standard InChI is InChI=1S/C14H18N4O2/c15-11-4-3-5-12(10-11)20-9-8-18-14(19)17-7-2-1-6-13(17)16-18/h3-5,10H,1-2,6-9,15H2. The number of ether oxygens (including phenoxy) is 1. The van der Waals surface area contributed by atoms with Crippen molar-refractivity contribution < 1.29 is 4.74 Å². The van der Waals surface area contributed by atoms with E-state index in [4.69, 9.17) is 10.5 Å². The van der Waals surface area contributed by atoms with Gasteiger partial charge in [0, 0.05) is 24.7 Å². The van der Waals surface area contributed by atoms with E-state index in [1.807, 2.05) is 12.1 Å². The fraction of sp³-hybridized carbons (Fsp3) is 0.429. The molecule has 1 aliphatic rings. The highest BCUT2D eigenvalue weighted by atomic mass is 16.5. The van der Waals surface area contributed by atoms with E-state index < -0.39 is 0 Å². The lowest BCUT2D eigenvalue weighted by Crippen LogP contribution is -2.28. The Morgan fingerprint density at radius 3 is 3.05 bits per heavy atom. The average Bonchev–Trinajstić information content (AvgIpc) is 2.76. The molecule has 6 heteroatoms. The molecule has 0 saturated heterocycles. The predicted octanol–water partition coefficient (Wildman–Crippen LogP) is 1.04. The van der Waals surface area contributed by atoms with Gasteiger partial charge in [0.25, 0.3) is 0 Å². The van der Waals surface area contributed by atoms with Gasteiger partial charge in [0.05, 0.1) is 6.54 Å². The van der Waals surface area contributed by atoms with E-state index in [-0.39, 0.29) is 5.69 Å². The van der Waals surface area contributed by atoms with E-state index in [0.29, 0.717) is 24.6 Å². The van der Waals surface area contributed by atoms with Gasteiger partial charge in [-0.2, -0.15) is 5.10 Å². The molecule has 20 heavy (non-hydrogen) atoms. The van der Waals surface area contributed by atoms with Crippen molar-refractivity contribution in [1.82, 2.24) is 14.3 Å². The molecule has 0 atom stereocenters. The lowest BCUT2D eigenvalue weighted by atomic mass is 10.2. The molecule has 106 valence electrons. The number of aromatic nitrogens is 3. The first-order valence-corrected chi connectivity index (χ1v) is 6.89. The summed E-state index contributed by atoms with van der Waals surface area (Å²) in [6.45, 7) is 1.64. The molecule has 0 saturated carbocycles. The van der Waals surface area contributed by atoms with Gasteiger partial charge in [-0.15, -0.1) is 0 Å². The van der Waals surface area contributed by atoms with Crippen molar-refractivity contribution in [3.63, 3.8) is 0 Å². The summed E-state index contributed by atoms with van der Waals surface area (Å²) in [7, 11) is 0. The number of fused-ring (bicyclic) bond motifs is 1. The second-order valence-corrected chi connectivity index (χ2v) is 4.95. The molecular formula is C14H18N4O2. The van der Waals surface area contributed by atoms with Crippen LogP contribution in [0, 0.1) is 0 Å². The first kappa shape index (κ1) is 12.8. The van der Waals surface area contributed by atoms with Crippen LogP contribution < -0.4 is 16.2 Å². The number of nitrogens with two attached hydrogens (primary N) is 1. The minimum atomic E-state index is -0.0316. The van der Waals surface area contributed by atoms with Crippen LogP contribution in [-0.2, 0) is 19.5 Å². The Labute approximate surface area is 116 Å². The Balaban J connectivity index is 1.64. The van der Waals surface area contributed by atoms with E-state index in [2.05, 4.69) is 5.10 Å². The second-order valence-electron chi connectivity index (χ2n) is 4.95. The molecule has 0 radical (unpaired) electrons. The number of aryl methyl sites for hydroxylation is 1. The molecule has 1 aliphatic heterocycles. The molecule has 0 amide bonds. The lowest BCUT2D eigenvalue weighted by Gasteiger charge is -2.09. The van der Waals surface area contributed by atoms with Crippen molar-refractivity contribution in [2.75, 3.05) is 12.3 Å². The SMILES string of the molecule is Nc1cccc(OCCn2nc3n(c2=O)CCCC3)c1. The minimum Gasteiger partial charge on any atom is -0.492 e. The summed E-state index contributed by atoms with van der Waals surface area (Å²) in [5, 5.41) is 4.36. The van der Waals surface area contributed by atoms with E-state index in [1.165, 1.54) is 4.68 Å². The molecule has 2 aromatic rings. The molecule has 3 rings (SSSR count). The van der Waals surface area contributed by atoms with Crippen LogP contribution in [0.4, 0.5) is 5.69 Å². The fourth-order valence-corrected chi connectivity index (χ4v) is 2.45. The molecule has 2 heterocycles. The number of benzene rings is 1. The predicted molar refractivity (Wildman–Crippen MR) is 75.8 cm³/mol. The van der Waals surface area contributed by atoms with E-state index in [0.717, 1.165) is 31.6 Å². The van der Waals surface area contributed by atoms with Crippen LogP contribution in [0.15, 0.2) is 29.1 Å². The summed E-state index contributed by atoms with van der Waals surface area (Å²) in [6.07, 6.45) is 3.05. The van der Waals surface area contributed by atoms with Crippen molar-refractivity contribution in [2.45, 2.75) is 32.4 Å². The summed E-state index contributed by atoms with van der Waals surface area (Å²) in [6, 6.07) is 7.26. The maximum absolute atomic E-state index is 12.1. The van der Waals surface area contributed by atoms with Gasteiger partial charge in [-0.1, -0.05) is 6.07 Å². The number of nitrogen functional groups attached to an aromatic ring is 1. The normalized spacial score (nSPS) is 14.0. The number of nitrogens with zero attached hydrogens (tertiary/aromatic N) is 3. The zero-order valence-electron chi connectivity index (χ0n) is 11.3. The van der Waals surface area contributed by atoms with E-state index in [9.17, 15) is 4.79 Å². The molecule has 1 aromatic carbocycles. The third-order valence-electron chi connectivity index (χ3n) is 3.46. The Hall–Kier alpha value is -2.24. The van der Waals surface area contributed by atoms with Gasteiger partial charge < -0.3 is 10.5 Å². The quantitative estimate of drug-likeness (QED) is 0.845. The van der Waals surface area contributed by atoms with Crippen LogP contribution in [0.25, 0.3) is 0 Å². The molecule has 0 unspecified atom stereocenters. The van der Waals surface area contributed by atoms with Gasteiger partial charge in [0.15, 0.2) is 0 Å². The average molecular weight is 274 g/mol. The van der Waals surface area contributed by atoms with Gasteiger partial charge in [-0.25, -0.2) is 9.48 Å². The highest BCUT2D eigenvalue weighted by molar-refractivity contribution is 5.43. The number of hydrogen-bond acceptors (Lipinski definition) is 4. The molecule has 0 bridgehead atoms. The molecule has 2 N–H and O–H groups in total. The van der Waals surface area contributed by atoms with Crippen molar-refractivity contribution in [3.8, 4) is 5.75 Å². The van der Waals surface area contributed by atoms with Crippen LogP contribution in [0.2, 0.25) is 0 Å². The smallest absolute Gasteiger partial charge is 0.346 e. The first-order chi connectivity index (χ1) is 9.74. The third kappa shape index (κ3) is 2.54. The summed E-state index contributed by atoms with van der Waals surface area (Å²) in [5.74, 6) is 1.60. The molecule has 6 nitrogen and oxygen atoms in total. The van der Waals surface area contributed by atoms with Crippen LogP contribution in [-0.4, -0.2) is 21.0 Å². The summed E-state index contributed by atoms with van der Waals surface area (Å²) < 4.78 is 8.85. The minimum absolute atomic E-state index is 0.0316.